The lowest BCUT2D eigenvalue weighted by Gasteiger charge is -2.35. The Hall–Kier alpha value is -2.29. The first-order chi connectivity index (χ1) is 12.9. The van der Waals surface area contributed by atoms with E-state index in [1.807, 2.05) is 12.3 Å². The number of aryl methyl sites for hydroxylation is 1. The van der Waals surface area contributed by atoms with Gasteiger partial charge in [-0.2, -0.15) is 10.2 Å². The summed E-state index contributed by atoms with van der Waals surface area (Å²) in [6, 6.07) is 3.08. The quantitative estimate of drug-likeness (QED) is 0.879. The van der Waals surface area contributed by atoms with Crippen molar-refractivity contribution >= 4 is 5.91 Å². The molecule has 1 amide bonds. The Balaban J connectivity index is 1.41. The van der Waals surface area contributed by atoms with Crippen LogP contribution < -0.4 is 0 Å². The number of nitrogens with zero attached hydrogens (tertiary/aromatic N) is 5. The van der Waals surface area contributed by atoms with Crippen LogP contribution in [0.4, 0.5) is 8.78 Å². The van der Waals surface area contributed by atoms with Crippen LogP contribution in [0.15, 0.2) is 24.5 Å². The van der Waals surface area contributed by atoms with Gasteiger partial charge in [0.25, 0.3) is 6.43 Å². The van der Waals surface area contributed by atoms with Crippen molar-refractivity contribution in [1.29, 1.82) is 0 Å². The van der Waals surface area contributed by atoms with Gasteiger partial charge in [-0.05, 0) is 43.7 Å². The zero-order valence-electron chi connectivity index (χ0n) is 15.1. The van der Waals surface area contributed by atoms with Crippen molar-refractivity contribution in [3.8, 4) is 0 Å². The number of hydrogen-bond acceptors (Lipinski definition) is 4. The van der Waals surface area contributed by atoms with Gasteiger partial charge < -0.3 is 10.0 Å². The van der Waals surface area contributed by atoms with Gasteiger partial charge in [0.1, 0.15) is 12.2 Å². The van der Waals surface area contributed by atoms with E-state index in [9.17, 15) is 18.7 Å². The highest BCUT2D eigenvalue weighted by molar-refractivity contribution is 5.76. The van der Waals surface area contributed by atoms with Crippen molar-refractivity contribution in [3.63, 3.8) is 0 Å². The summed E-state index contributed by atoms with van der Waals surface area (Å²) in [5.41, 5.74) is 0.241. The number of aliphatic hydroxyl groups excluding tert-OH is 1. The van der Waals surface area contributed by atoms with E-state index < -0.39 is 12.5 Å². The molecule has 1 aliphatic heterocycles. The van der Waals surface area contributed by atoms with Crippen LogP contribution in [0.5, 0.6) is 0 Å². The van der Waals surface area contributed by atoms with Gasteiger partial charge in [0.05, 0.1) is 12.1 Å². The molecule has 146 valence electrons. The maximum absolute atomic E-state index is 12.8. The number of carbonyl (C=O) groups excluding carboxylic acids is 1. The van der Waals surface area contributed by atoms with Crippen molar-refractivity contribution in [2.24, 2.45) is 11.8 Å². The Labute approximate surface area is 155 Å². The van der Waals surface area contributed by atoms with Gasteiger partial charge in [-0.15, -0.1) is 0 Å². The van der Waals surface area contributed by atoms with Crippen molar-refractivity contribution in [3.05, 3.63) is 35.9 Å². The summed E-state index contributed by atoms with van der Waals surface area (Å²) in [6.45, 7) is 2.84. The van der Waals surface area contributed by atoms with E-state index in [0.717, 1.165) is 6.42 Å². The number of fused-ring (bicyclic) bond motifs is 1. The number of carbonyl (C=O) groups is 1. The standard InChI is InChI=1S/C18H23F2N5O2/c1-11-5-14(18(19)20)22-25(11)10-17(27)23-8-12-6-15(24-4-2-3-21-24)16(26)7-13(12)9-23/h2-5,12-13,15-16,18,26H,6-10H2,1H3/t12-,13+,15-,16-/m1/s1. The van der Waals surface area contributed by atoms with Crippen molar-refractivity contribution < 1.29 is 18.7 Å². The Morgan fingerprint density at radius 1 is 1.33 bits per heavy atom. The van der Waals surface area contributed by atoms with E-state index in [-0.39, 0.29) is 30.1 Å². The molecule has 0 unspecified atom stereocenters. The second kappa shape index (κ2) is 7.03. The summed E-state index contributed by atoms with van der Waals surface area (Å²) in [5, 5.41) is 18.6. The van der Waals surface area contributed by atoms with Crippen molar-refractivity contribution in [1.82, 2.24) is 24.5 Å². The second-order valence-electron chi connectivity index (χ2n) is 7.58. The molecule has 1 aliphatic carbocycles. The molecule has 9 heteroatoms. The lowest BCUT2D eigenvalue weighted by atomic mass is 9.77. The fourth-order valence-electron chi connectivity index (χ4n) is 4.40. The SMILES string of the molecule is Cc1cc(C(F)F)nn1CC(=O)N1C[C@H]2C[C@@H](n3cccn3)[C@H](O)C[C@H]2C1. The summed E-state index contributed by atoms with van der Waals surface area (Å²) in [6.07, 6.45) is 1.83. The molecule has 4 rings (SSSR count). The van der Waals surface area contributed by atoms with Crippen LogP contribution in [0, 0.1) is 18.8 Å². The highest BCUT2D eigenvalue weighted by Gasteiger charge is 2.43. The van der Waals surface area contributed by atoms with Crippen LogP contribution in [-0.4, -0.2) is 54.7 Å². The van der Waals surface area contributed by atoms with Crippen molar-refractivity contribution in [2.45, 2.75) is 44.9 Å². The van der Waals surface area contributed by atoms with Gasteiger partial charge >= 0.3 is 0 Å². The highest BCUT2D eigenvalue weighted by Crippen LogP contribution is 2.41. The first-order valence-electron chi connectivity index (χ1n) is 9.20. The predicted molar refractivity (Wildman–Crippen MR) is 92.0 cm³/mol. The Morgan fingerprint density at radius 2 is 2.07 bits per heavy atom. The minimum atomic E-state index is -2.64. The minimum absolute atomic E-state index is 0.0386. The number of rotatable bonds is 4. The van der Waals surface area contributed by atoms with E-state index in [2.05, 4.69) is 10.2 Å². The Bertz CT molecular complexity index is 807. The van der Waals surface area contributed by atoms with Gasteiger partial charge in [0.2, 0.25) is 5.91 Å². The van der Waals surface area contributed by atoms with Crippen LogP contribution in [0.2, 0.25) is 0 Å². The number of aromatic nitrogens is 4. The van der Waals surface area contributed by atoms with E-state index in [0.29, 0.717) is 31.1 Å². The summed E-state index contributed by atoms with van der Waals surface area (Å²) >= 11 is 0. The maximum Gasteiger partial charge on any atom is 0.282 e. The molecule has 0 aromatic carbocycles. The highest BCUT2D eigenvalue weighted by atomic mass is 19.3. The molecule has 1 saturated carbocycles. The van der Waals surface area contributed by atoms with E-state index in [1.165, 1.54) is 10.7 Å². The summed E-state index contributed by atoms with van der Waals surface area (Å²) in [5.74, 6) is 0.439. The number of hydrogen-bond donors (Lipinski definition) is 1. The van der Waals surface area contributed by atoms with Crippen LogP contribution in [-0.2, 0) is 11.3 Å². The van der Waals surface area contributed by atoms with Crippen LogP contribution in [0.3, 0.4) is 0 Å². The van der Waals surface area contributed by atoms with Gasteiger partial charge in [-0.3, -0.25) is 14.2 Å². The molecular weight excluding hydrogens is 356 g/mol. The molecule has 1 saturated heterocycles. The average Bonchev–Trinajstić information content (AvgIpc) is 3.34. The molecule has 2 aromatic rings. The van der Waals surface area contributed by atoms with Crippen LogP contribution in [0.1, 0.15) is 36.7 Å². The normalized spacial score (nSPS) is 28.0. The third kappa shape index (κ3) is 3.47. The topological polar surface area (TPSA) is 76.2 Å². The lowest BCUT2D eigenvalue weighted by molar-refractivity contribution is -0.131. The summed E-state index contributed by atoms with van der Waals surface area (Å²) in [4.78, 5) is 14.5. The number of aliphatic hydroxyl groups is 1. The summed E-state index contributed by atoms with van der Waals surface area (Å²) in [7, 11) is 0. The van der Waals surface area contributed by atoms with E-state index in [4.69, 9.17) is 0 Å². The van der Waals surface area contributed by atoms with Crippen LogP contribution >= 0.6 is 0 Å². The number of alkyl halides is 2. The molecular formula is C18H23F2N5O2. The summed E-state index contributed by atoms with van der Waals surface area (Å²) < 4.78 is 28.7. The molecule has 1 N–H and O–H groups in total. The monoisotopic (exact) mass is 379 g/mol. The van der Waals surface area contributed by atoms with E-state index >= 15 is 0 Å². The second-order valence-corrected chi connectivity index (χ2v) is 7.58. The molecule has 4 atom stereocenters. The molecule has 3 heterocycles. The smallest absolute Gasteiger partial charge is 0.282 e. The number of halogens is 2. The third-order valence-corrected chi connectivity index (χ3v) is 5.84. The number of likely N-dealkylation sites (tertiary alicyclic amines) is 1. The first-order valence-corrected chi connectivity index (χ1v) is 9.20. The fourth-order valence-corrected chi connectivity index (χ4v) is 4.40. The first kappa shape index (κ1) is 18.1. The fraction of sp³-hybridized carbons (Fsp3) is 0.611. The Morgan fingerprint density at radius 3 is 2.70 bits per heavy atom. The Kier molecular flexibility index (Phi) is 4.71. The molecule has 2 fully saturated rings. The predicted octanol–water partition coefficient (Wildman–Crippen LogP) is 1.80. The van der Waals surface area contributed by atoms with Gasteiger partial charge in [0.15, 0.2) is 0 Å². The minimum Gasteiger partial charge on any atom is -0.391 e. The maximum atomic E-state index is 12.8. The zero-order valence-corrected chi connectivity index (χ0v) is 15.1. The molecule has 2 aliphatic rings. The lowest BCUT2D eigenvalue weighted by Crippen LogP contribution is -2.36. The average molecular weight is 379 g/mol. The molecule has 7 nitrogen and oxygen atoms in total. The van der Waals surface area contributed by atoms with Crippen molar-refractivity contribution in [2.75, 3.05) is 13.1 Å². The van der Waals surface area contributed by atoms with Gasteiger partial charge in [-0.25, -0.2) is 8.78 Å². The third-order valence-electron chi connectivity index (χ3n) is 5.84. The molecule has 0 radical (unpaired) electrons. The molecule has 0 bridgehead atoms. The van der Waals surface area contributed by atoms with Gasteiger partial charge in [-0.1, -0.05) is 0 Å². The zero-order chi connectivity index (χ0) is 19.1. The van der Waals surface area contributed by atoms with Crippen LogP contribution in [0.25, 0.3) is 0 Å². The number of amides is 1. The van der Waals surface area contributed by atoms with Gasteiger partial charge in [0, 0.05) is 31.2 Å². The molecule has 27 heavy (non-hydrogen) atoms. The largest absolute Gasteiger partial charge is 0.391 e. The molecule has 2 aromatic heterocycles. The van der Waals surface area contributed by atoms with E-state index in [1.54, 1.807) is 22.7 Å². The molecule has 0 spiro atoms.